The molecule has 122 valence electrons. The lowest BCUT2D eigenvalue weighted by atomic mass is 9.90. The molecule has 2 heterocycles. The lowest BCUT2D eigenvalue weighted by Crippen LogP contribution is -2.42. The van der Waals surface area contributed by atoms with Gasteiger partial charge in [-0.25, -0.2) is 13.6 Å². The Kier molecular flexibility index (Phi) is 4.27. The maximum Gasteiger partial charge on any atom is 0.323 e. The number of aryl methyl sites for hydroxylation is 1. The summed E-state index contributed by atoms with van der Waals surface area (Å²) < 4.78 is 28.9. The van der Waals surface area contributed by atoms with Gasteiger partial charge in [0.2, 0.25) is 0 Å². The van der Waals surface area contributed by atoms with Gasteiger partial charge in [-0.3, -0.25) is 10.00 Å². The Morgan fingerprint density at radius 2 is 2.17 bits per heavy atom. The van der Waals surface area contributed by atoms with Crippen LogP contribution in [0.2, 0.25) is 0 Å². The van der Waals surface area contributed by atoms with Gasteiger partial charge >= 0.3 is 6.03 Å². The molecule has 0 aliphatic carbocycles. The van der Waals surface area contributed by atoms with E-state index in [1.165, 1.54) is 6.07 Å². The van der Waals surface area contributed by atoms with Crippen LogP contribution in [0.1, 0.15) is 24.3 Å². The molecule has 2 amide bonds. The number of rotatable bonds is 2. The Bertz CT molecular complexity index is 716. The quantitative estimate of drug-likeness (QED) is 0.924. The predicted octanol–water partition coefficient (Wildman–Crippen LogP) is 3.11. The summed E-state index contributed by atoms with van der Waals surface area (Å²) >= 11 is 0. The van der Waals surface area contributed by atoms with Gasteiger partial charge in [0.15, 0.2) is 0 Å². The Balaban J connectivity index is 1.72. The average Bonchev–Trinajstić information content (AvgIpc) is 2.95. The molecule has 0 radical (unpaired) electrons. The zero-order valence-electron chi connectivity index (χ0n) is 12.8. The van der Waals surface area contributed by atoms with Crippen molar-refractivity contribution in [1.82, 2.24) is 14.7 Å². The fourth-order valence-electron chi connectivity index (χ4n) is 2.93. The second kappa shape index (κ2) is 6.36. The molecule has 23 heavy (non-hydrogen) atoms. The minimum atomic E-state index is -0.460. The number of carbonyl (C=O) groups is 1. The van der Waals surface area contributed by atoms with Crippen molar-refractivity contribution in [3.63, 3.8) is 0 Å². The average molecular weight is 320 g/mol. The Morgan fingerprint density at radius 3 is 2.91 bits per heavy atom. The zero-order chi connectivity index (χ0) is 16.4. The minimum Gasteiger partial charge on any atom is -0.324 e. The standard InChI is InChI=1S/C16H18F2N4O/c1-21-15(6-7-19-21)20-16(23)22-8-2-3-11(10-22)13-9-12(17)4-5-14(13)18/h4-7,9,11H,2-3,8,10H2,1H3,(H,20,23). The summed E-state index contributed by atoms with van der Waals surface area (Å²) in [5.74, 6) is -0.492. The number of likely N-dealkylation sites (tertiary alicyclic amines) is 1. The third-order valence-electron chi connectivity index (χ3n) is 4.16. The lowest BCUT2D eigenvalue weighted by molar-refractivity contribution is 0.192. The summed E-state index contributed by atoms with van der Waals surface area (Å²) in [7, 11) is 1.73. The molecule has 1 aliphatic heterocycles. The molecule has 2 aromatic rings. The summed E-state index contributed by atoms with van der Waals surface area (Å²) in [4.78, 5) is 14.0. The second-order valence-corrected chi connectivity index (χ2v) is 5.72. The van der Waals surface area contributed by atoms with E-state index in [9.17, 15) is 13.6 Å². The van der Waals surface area contributed by atoms with E-state index < -0.39 is 11.6 Å². The van der Waals surface area contributed by atoms with Crippen molar-refractivity contribution >= 4 is 11.8 Å². The first-order valence-electron chi connectivity index (χ1n) is 7.53. The Morgan fingerprint density at radius 1 is 1.35 bits per heavy atom. The number of amides is 2. The normalized spacial score (nSPS) is 18.0. The third-order valence-corrected chi connectivity index (χ3v) is 4.16. The highest BCUT2D eigenvalue weighted by atomic mass is 19.1. The maximum atomic E-state index is 13.9. The number of carbonyl (C=O) groups excluding carboxylic acids is 1. The molecule has 0 bridgehead atoms. The second-order valence-electron chi connectivity index (χ2n) is 5.72. The van der Waals surface area contributed by atoms with Crippen LogP contribution in [0.15, 0.2) is 30.5 Å². The van der Waals surface area contributed by atoms with Crippen molar-refractivity contribution < 1.29 is 13.6 Å². The molecule has 7 heteroatoms. The van der Waals surface area contributed by atoms with Gasteiger partial charge in [0, 0.05) is 32.1 Å². The highest BCUT2D eigenvalue weighted by molar-refractivity contribution is 5.88. The third kappa shape index (κ3) is 3.33. The molecule has 1 aromatic carbocycles. The SMILES string of the molecule is Cn1nccc1NC(=O)N1CCCC(c2cc(F)ccc2F)C1. The topological polar surface area (TPSA) is 50.2 Å². The number of aromatic nitrogens is 2. The van der Waals surface area contributed by atoms with Gasteiger partial charge in [-0.1, -0.05) is 0 Å². The fourth-order valence-corrected chi connectivity index (χ4v) is 2.93. The van der Waals surface area contributed by atoms with E-state index in [0.717, 1.165) is 25.0 Å². The van der Waals surface area contributed by atoms with Gasteiger partial charge in [-0.15, -0.1) is 0 Å². The number of urea groups is 1. The highest BCUT2D eigenvalue weighted by Crippen LogP contribution is 2.29. The van der Waals surface area contributed by atoms with E-state index in [1.807, 2.05) is 0 Å². The summed E-state index contributed by atoms with van der Waals surface area (Å²) in [6.45, 7) is 0.960. The summed E-state index contributed by atoms with van der Waals surface area (Å²) in [5.41, 5.74) is 0.336. The zero-order valence-corrected chi connectivity index (χ0v) is 12.8. The number of nitrogens with zero attached hydrogens (tertiary/aromatic N) is 3. The maximum absolute atomic E-state index is 13.9. The number of piperidine rings is 1. The van der Waals surface area contributed by atoms with Crippen molar-refractivity contribution in [2.45, 2.75) is 18.8 Å². The van der Waals surface area contributed by atoms with Crippen molar-refractivity contribution in [2.75, 3.05) is 18.4 Å². The number of nitrogens with one attached hydrogen (secondary N) is 1. The van der Waals surface area contributed by atoms with Crippen molar-refractivity contribution in [3.8, 4) is 0 Å². The first-order valence-corrected chi connectivity index (χ1v) is 7.53. The van der Waals surface area contributed by atoms with Gasteiger partial charge in [0.25, 0.3) is 0 Å². The van der Waals surface area contributed by atoms with Gasteiger partial charge in [-0.05, 0) is 36.6 Å². The monoisotopic (exact) mass is 320 g/mol. The van der Waals surface area contributed by atoms with E-state index >= 15 is 0 Å². The van der Waals surface area contributed by atoms with Crippen LogP contribution in [0.5, 0.6) is 0 Å². The smallest absolute Gasteiger partial charge is 0.323 e. The van der Waals surface area contributed by atoms with Crippen LogP contribution < -0.4 is 5.32 Å². The van der Waals surface area contributed by atoms with Crippen LogP contribution in [0.3, 0.4) is 0 Å². The van der Waals surface area contributed by atoms with Crippen LogP contribution in [0.4, 0.5) is 19.4 Å². The molecule has 1 fully saturated rings. The summed E-state index contributed by atoms with van der Waals surface area (Å²) in [6, 6.07) is 4.91. The molecule has 1 aromatic heterocycles. The number of anilines is 1. The molecule has 1 unspecified atom stereocenters. The van der Waals surface area contributed by atoms with Crippen molar-refractivity contribution in [3.05, 3.63) is 47.7 Å². The minimum absolute atomic E-state index is 0.197. The van der Waals surface area contributed by atoms with E-state index in [-0.39, 0.29) is 11.9 Å². The summed E-state index contributed by atoms with van der Waals surface area (Å²) in [5, 5.41) is 6.77. The Hall–Kier alpha value is -2.44. The molecular weight excluding hydrogens is 302 g/mol. The Labute approximate surface area is 132 Å². The molecule has 5 nitrogen and oxygen atoms in total. The largest absolute Gasteiger partial charge is 0.324 e. The number of hydrogen-bond donors (Lipinski definition) is 1. The van der Waals surface area contributed by atoms with Crippen molar-refractivity contribution in [2.24, 2.45) is 7.05 Å². The highest BCUT2D eigenvalue weighted by Gasteiger charge is 2.27. The molecule has 0 saturated carbocycles. The summed E-state index contributed by atoms with van der Waals surface area (Å²) in [6.07, 6.45) is 3.08. The van der Waals surface area contributed by atoms with E-state index in [0.29, 0.717) is 24.5 Å². The fraction of sp³-hybridized carbons (Fsp3) is 0.375. The van der Waals surface area contributed by atoms with Crippen LogP contribution in [-0.2, 0) is 7.05 Å². The molecule has 3 rings (SSSR count). The molecule has 0 spiro atoms. The van der Waals surface area contributed by atoms with Gasteiger partial charge in [-0.2, -0.15) is 5.10 Å². The molecule has 1 N–H and O–H groups in total. The first kappa shape index (κ1) is 15.5. The number of halogens is 2. The van der Waals surface area contributed by atoms with Crippen LogP contribution in [0, 0.1) is 11.6 Å². The van der Waals surface area contributed by atoms with E-state index in [2.05, 4.69) is 10.4 Å². The molecule has 1 aliphatic rings. The van der Waals surface area contributed by atoms with Gasteiger partial charge in [0.05, 0.1) is 6.20 Å². The van der Waals surface area contributed by atoms with Crippen LogP contribution >= 0.6 is 0 Å². The lowest BCUT2D eigenvalue weighted by Gasteiger charge is -2.33. The van der Waals surface area contributed by atoms with Crippen LogP contribution in [-0.4, -0.2) is 33.8 Å². The molecule has 1 atom stereocenters. The number of hydrogen-bond acceptors (Lipinski definition) is 2. The number of benzene rings is 1. The predicted molar refractivity (Wildman–Crippen MR) is 82.1 cm³/mol. The molecular formula is C16H18F2N4O. The van der Waals surface area contributed by atoms with E-state index in [4.69, 9.17) is 0 Å². The van der Waals surface area contributed by atoms with E-state index in [1.54, 1.807) is 28.9 Å². The van der Waals surface area contributed by atoms with Gasteiger partial charge in [0.1, 0.15) is 17.5 Å². The van der Waals surface area contributed by atoms with Crippen LogP contribution in [0.25, 0.3) is 0 Å². The first-order chi connectivity index (χ1) is 11.0. The van der Waals surface area contributed by atoms with Gasteiger partial charge < -0.3 is 4.90 Å². The molecule has 1 saturated heterocycles. The van der Waals surface area contributed by atoms with Crippen molar-refractivity contribution in [1.29, 1.82) is 0 Å².